The maximum Gasteiger partial charge on any atom is 0.117 e. The number of nitrogens with one attached hydrogen (secondary N) is 1. The van der Waals surface area contributed by atoms with Crippen molar-refractivity contribution in [2.75, 3.05) is 12.4 Å². The van der Waals surface area contributed by atoms with Crippen LogP contribution in [-0.4, -0.2) is 18.8 Å². The van der Waals surface area contributed by atoms with E-state index in [1.165, 1.54) is 5.56 Å². The van der Waals surface area contributed by atoms with Crippen LogP contribution in [0.15, 0.2) is 24.3 Å². The van der Waals surface area contributed by atoms with E-state index in [0.717, 1.165) is 5.69 Å². The fraction of sp³-hybridized carbons (Fsp3) is 0.500. The Kier molecular flexibility index (Phi) is 4.53. The molecule has 1 N–H and O–H groups in total. The van der Waals surface area contributed by atoms with Gasteiger partial charge in [-0.15, -0.1) is 0 Å². The quantitative estimate of drug-likeness (QED) is 0.848. The summed E-state index contributed by atoms with van der Waals surface area (Å²) in [6.07, 6.45) is 0.647. The summed E-state index contributed by atoms with van der Waals surface area (Å²) in [6, 6.07) is 10.0. The average Bonchev–Trinajstić information content (AvgIpc) is 2.28. The van der Waals surface area contributed by atoms with Gasteiger partial charge in [0.25, 0.3) is 0 Å². The molecular formula is C14H20N2O. The highest BCUT2D eigenvalue weighted by atomic mass is 16.5. The summed E-state index contributed by atoms with van der Waals surface area (Å²) in [5.41, 5.74) is 1.86. The van der Waals surface area contributed by atoms with Crippen LogP contribution in [0.4, 0.5) is 5.69 Å². The van der Waals surface area contributed by atoms with Crippen LogP contribution in [0.2, 0.25) is 0 Å². The first-order valence-corrected chi connectivity index (χ1v) is 5.75. The van der Waals surface area contributed by atoms with Crippen molar-refractivity contribution >= 4 is 5.69 Å². The topological polar surface area (TPSA) is 45.0 Å². The van der Waals surface area contributed by atoms with E-state index in [1.54, 1.807) is 7.11 Å². The fourth-order valence-electron chi connectivity index (χ4n) is 1.64. The van der Waals surface area contributed by atoms with Gasteiger partial charge in [-0.05, 0) is 38.5 Å². The number of hydrogen-bond acceptors (Lipinski definition) is 3. The third-order valence-corrected chi connectivity index (χ3v) is 2.76. The molecule has 0 aromatic heterocycles. The number of methoxy groups -OCH3 is 1. The first-order chi connectivity index (χ1) is 7.96. The number of ether oxygens (including phenoxy) is 1. The van der Waals surface area contributed by atoms with Crippen LogP contribution < -0.4 is 5.32 Å². The van der Waals surface area contributed by atoms with Crippen LogP contribution in [0.5, 0.6) is 0 Å². The largest absolute Gasteiger partial charge is 0.379 e. The molecule has 0 aliphatic rings. The molecule has 0 heterocycles. The van der Waals surface area contributed by atoms with Gasteiger partial charge in [0.2, 0.25) is 0 Å². The summed E-state index contributed by atoms with van der Waals surface area (Å²) >= 11 is 0. The Balaban J connectivity index is 2.68. The minimum Gasteiger partial charge on any atom is -0.379 e. The Bertz CT molecular complexity index is 407. The highest BCUT2D eigenvalue weighted by molar-refractivity contribution is 5.47. The molecule has 1 aromatic carbocycles. The van der Waals surface area contributed by atoms with E-state index in [1.807, 2.05) is 45.0 Å². The second-order valence-electron chi connectivity index (χ2n) is 4.86. The number of nitrogens with zero attached hydrogens (tertiary/aromatic N) is 1. The number of hydrogen-bond donors (Lipinski definition) is 1. The lowest BCUT2D eigenvalue weighted by Crippen LogP contribution is -2.32. The van der Waals surface area contributed by atoms with Crippen molar-refractivity contribution in [3.8, 4) is 6.07 Å². The Labute approximate surface area is 103 Å². The van der Waals surface area contributed by atoms with Crippen LogP contribution in [-0.2, 0) is 4.74 Å². The van der Waals surface area contributed by atoms with Gasteiger partial charge in [0.05, 0.1) is 11.7 Å². The summed E-state index contributed by atoms with van der Waals surface area (Å²) in [6.45, 7) is 6.00. The SMILES string of the molecule is COC(C)(C)CC(C#N)Nc1cccc(C)c1. The minimum atomic E-state index is -0.294. The average molecular weight is 232 g/mol. The van der Waals surface area contributed by atoms with E-state index >= 15 is 0 Å². The minimum absolute atomic E-state index is 0.244. The van der Waals surface area contributed by atoms with Crippen molar-refractivity contribution < 1.29 is 4.74 Å². The van der Waals surface area contributed by atoms with E-state index in [0.29, 0.717) is 6.42 Å². The maximum absolute atomic E-state index is 9.15. The number of rotatable bonds is 5. The number of benzene rings is 1. The van der Waals surface area contributed by atoms with Gasteiger partial charge >= 0.3 is 0 Å². The van der Waals surface area contributed by atoms with Crippen LogP contribution in [0.1, 0.15) is 25.8 Å². The zero-order valence-electron chi connectivity index (χ0n) is 10.9. The van der Waals surface area contributed by atoms with Gasteiger partial charge < -0.3 is 10.1 Å². The van der Waals surface area contributed by atoms with Crippen LogP contribution in [0.25, 0.3) is 0 Å². The van der Waals surface area contributed by atoms with Crippen molar-refractivity contribution in [2.24, 2.45) is 0 Å². The van der Waals surface area contributed by atoms with Gasteiger partial charge in [0, 0.05) is 19.2 Å². The molecule has 92 valence electrons. The van der Waals surface area contributed by atoms with Gasteiger partial charge in [0.1, 0.15) is 6.04 Å². The van der Waals surface area contributed by atoms with Gasteiger partial charge in [-0.1, -0.05) is 12.1 Å². The lowest BCUT2D eigenvalue weighted by atomic mass is 9.99. The predicted molar refractivity (Wildman–Crippen MR) is 69.9 cm³/mol. The van der Waals surface area contributed by atoms with E-state index in [2.05, 4.69) is 11.4 Å². The Morgan fingerprint density at radius 2 is 2.18 bits per heavy atom. The number of anilines is 1. The summed E-state index contributed by atoms with van der Waals surface area (Å²) < 4.78 is 5.34. The van der Waals surface area contributed by atoms with Crippen LogP contribution in [0.3, 0.4) is 0 Å². The summed E-state index contributed by atoms with van der Waals surface area (Å²) in [4.78, 5) is 0. The lowest BCUT2D eigenvalue weighted by molar-refractivity contribution is 0.0148. The molecule has 0 aliphatic carbocycles. The molecule has 0 amide bonds. The van der Waals surface area contributed by atoms with Gasteiger partial charge in [-0.3, -0.25) is 0 Å². The Morgan fingerprint density at radius 1 is 1.47 bits per heavy atom. The molecule has 0 aliphatic heterocycles. The number of aryl methyl sites for hydroxylation is 1. The van der Waals surface area contributed by atoms with Gasteiger partial charge in [0.15, 0.2) is 0 Å². The maximum atomic E-state index is 9.15. The molecule has 3 nitrogen and oxygen atoms in total. The molecule has 0 bridgehead atoms. The van der Waals surface area contributed by atoms with E-state index < -0.39 is 0 Å². The number of nitriles is 1. The Morgan fingerprint density at radius 3 is 2.71 bits per heavy atom. The van der Waals surface area contributed by atoms with Gasteiger partial charge in [-0.25, -0.2) is 0 Å². The fourth-order valence-corrected chi connectivity index (χ4v) is 1.64. The van der Waals surface area contributed by atoms with E-state index in [9.17, 15) is 0 Å². The summed E-state index contributed by atoms with van der Waals surface area (Å²) in [7, 11) is 1.67. The molecular weight excluding hydrogens is 212 g/mol. The van der Waals surface area contributed by atoms with Gasteiger partial charge in [-0.2, -0.15) is 5.26 Å². The lowest BCUT2D eigenvalue weighted by Gasteiger charge is -2.26. The smallest absolute Gasteiger partial charge is 0.117 e. The molecule has 17 heavy (non-hydrogen) atoms. The highest BCUT2D eigenvalue weighted by Crippen LogP contribution is 2.19. The molecule has 1 rings (SSSR count). The van der Waals surface area contributed by atoms with E-state index in [-0.39, 0.29) is 11.6 Å². The van der Waals surface area contributed by atoms with E-state index in [4.69, 9.17) is 10.00 Å². The normalized spacial score (nSPS) is 12.9. The summed E-state index contributed by atoms with van der Waals surface area (Å²) in [5.74, 6) is 0. The van der Waals surface area contributed by atoms with Crippen LogP contribution >= 0.6 is 0 Å². The molecule has 0 spiro atoms. The molecule has 0 saturated heterocycles. The van der Waals surface area contributed by atoms with Crippen molar-refractivity contribution in [1.82, 2.24) is 0 Å². The van der Waals surface area contributed by atoms with Crippen molar-refractivity contribution in [3.63, 3.8) is 0 Å². The molecule has 1 atom stereocenters. The zero-order chi connectivity index (χ0) is 12.9. The molecule has 3 heteroatoms. The summed E-state index contributed by atoms with van der Waals surface area (Å²) in [5, 5.41) is 12.4. The third-order valence-electron chi connectivity index (χ3n) is 2.76. The molecule has 0 fully saturated rings. The Hall–Kier alpha value is -1.53. The monoisotopic (exact) mass is 232 g/mol. The second kappa shape index (κ2) is 5.70. The molecule has 1 unspecified atom stereocenters. The van der Waals surface area contributed by atoms with Crippen molar-refractivity contribution in [1.29, 1.82) is 5.26 Å². The molecule has 0 saturated carbocycles. The van der Waals surface area contributed by atoms with Crippen molar-refractivity contribution in [3.05, 3.63) is 29.8 Å². The molecule has 1 aromatic rings. The van der Waals surface area contributed by atoms with Crippen molar-refractivity contribution in [2.45, 2.75) is 38.8 Å². The first kappa shape index (κ1) is 13.5. The predicted octanol–water partition coefficient (Wildman–Crippen LogP) is 3.11. The second-order valence-corrected chi connectivity index (χ2v) is 4.86. The van der Waals surface area contributed by atoms with Crippen LogP contribution in [0, 0.1) is 18.3 Å². The third kappa shape index (κ3) is 4.46. The molecule has 0 radical (unpaired) electrons. The zero-order valence-corrected chi connectivity index (χ0v) is 10.9. The first-order valence-electron chi connectivity index (χ1n) is 5.75. The highest BCUT2D eigenvalue weighted by Gasteiger charge is 2.22. The standard InChI is InChI=1S/C14H20N2O/c1-11-6-5-7-12(8-11)16-13(10-15)9-14(2,3)17-4/h5-8,13,16H,9H2,1-4H3.